The first kappa shape index (κ1) is 8.69. The van der Waals surface area contributed by atoms with Gasteiger partial charge < -0.3 is 5.11 Å². The van der Waals surface area contributed by atoms with E-state index in [1.807, 2.05) is 0 Å². The summed E-state index contributed by atoms with van der Waals surface area (Å²) in [7, 11) is 0. The second-order valence-electron chi connectivity index (χ2n) is 3.82. The topological polar surface area (TPSA) is 52.9 Å². The molecule has 4 heteroatoms. The molecule has 0 aromatic heterocycles. The molecule has 1 atom stereocenters. The lowest BCUT2D eigenvalue weighted by Gasteiger charge is -2.17. The van der Waals surface area contributed by atoms with Crippen LogP contribution in [0.1, 0.15) is 32.6 Å². The molecule has 0 radical (unpaired) electrons. The summed E-state index contributed by atoms with van der Waals surface area (Å²) >= 11 is 0. The van der Waals surface area contributed by atoms with Crippen molar-refractivity contribution in [3.05, 3.63) is 0 Å². The van der Waals surface area contributed by atoms with Crippen molar-refractivity contribution >= 4 is 11.7 Å². The molecule has 0 saturated carbocycles. The molecular weight excluding hydrogens is 168 g/mol. The summed E-state index contributed by atoms with van der Waals surface area (Å²) in [4.78, 5) is 17.2. The second kappa shape index (κ2) is 2.80. The average molecular weight is 182 g/mol. The van der Waals surface area contributed by atoms with Crippen LogP contribution < -0.4 is 0 Å². The predicted octanol–water partition coefficient (Wildman–Crippen LogP) is 0.510. The van der Waals surface area contributed by atoms with Gasteiger partial charge in [-0.3, -0.25) is 9.69 Å². The molecule has 4 nitrogen and oxygen atoms in total. The van der Waals surface area contributed by atoms with Crippen molar-refractivity contribution < 1.29 is 9.90 Å². The number of nitrogens with zero attached hydrogens (tertiary/aromatic N) is 2. The van der Waals surface area contributed by atoms with Crippen molar-refractivity contribution in [3.63, 3.8) is 0 Å². The Bertz CT molecular complexity index is 271. The van der Waals surface area contributed by atoms with Gasteiger partial charge in [0, 0.05) is 13.0 Å². The van der Waals surface area contributed by atoms with Gasteiger partial charge in [-0.15, -0.1) is 0 Å². The summed E-state index contributed by atoms with van der Waals surface area (Å²) in [5, 5.41) is 9.61. The molecule has 1 unspecified atom stereocenters. The maximum absolute atomic E-state index is 11.6. The van der Waals surface area contributed by atoms with Crippen LogP contribution in [0.15, 0.2) is 4.99 Å². The number of rotatable bonds is 0. The van der Waals surface area contributed by atoms with E-state index in [-0.39, 0.29) is 5.91 Å². The van der Waals surface area contributed by atoms with Gasteiger partial charge in [0.15, 0.2) is 0 Å². The van der Waals surface area contributed by atoms with E-state index < -0.39 is 5.72 Å². The lowest BCUT2D eigenvalue weighted by molar-refractivity contribution is -0.141. The first-order valence-electron chi connectivity index (χ1n) is 4.74. The molecular formula is C9H14N2O2. The van der Waals surface area contributed by atoms with Crippen LogP contribution >= 0.6 is 0 Å². The van der Waals surface area contributed by atoms with E-state index in [0.717, 1.165) is 31.5 Å². The van der Waals surface area contributed by atoms with Crippen molar-refractivity contribution in [1.29, 1.82) is 0 Å². The van der Waals surface area contributed by atoms with Crippen LogP contribution in [0.25, 0.3) is 0 Å². The molecule has 2 aliphatic heterocycles. The maximum atomic E-state index is 11.6. The van der Waals surface area contributed by atoms with Gasteiger partial charge in [0.2, 0.25) is 5.72 Å². The fraction of sp³-hybridized carbons (Fsp3) is 0.778. The minimum Gasteiger partial charge on any atom is -0.362 e. The fourth-order valence-corrected chi connectivity index (χ4v) is 1.88. The molecule has 1 N–H and O–H groups in total. The first-order valence-corrected chi connectivity index (χ1v) is 4.74. The molecule has 13 heavy (non-hydrogen) atoms. The minimum atomic E-state index is -1.49. The van der Waals surface area contributed by atoms with Gasteiger partial charge in [0.1, 0.15) is 5.84 Å². The Hall–Kier alpha value is -0.900. The monoisotopic (exact) mass is 182 g/mol. The molecule has 0 aromatic rings. The Morgan fingerprint density at radius 2 is 2.23 bits per heavy atom. The standard InChI is InChI=1S/C9H14N2O2/c1-9(13)8(12)11-6-4-2-3-5-7(11)10-9/h13H,2-6H2,1H3. The third-order valence-corrected chi connectivity index (χ3v) is 2.59. The molecule has 0 aromatic carbocycles. The highest BCUT2D eigenvalue weighted by Crippen LogP contribution is 2.25. The van der Waals surface area contributed by atoms with E-state index in [2.05, 4.69) is 4.99 Å². The molecule has 0 bridgehead atoms. The number of hydrogen-bond donors (Lipinski definition) is 1. The quantitative estimate of drug-likeness (QED) is 0.593. The zero-order valence-electron chi connectivity index (χ0n) is 7.79. The van der Waals surface area contributed by atoms with Gasteiger partial charge in [-0.1, -0.05) is 6.42 Å². The van der Waals surface area contributed by atoms with E-state index in [1.165, 1.54) is 6.92 Å². The van der Waals surface area contributed by atoms with Gasteiger partial charge in [0.25, 0.3) is 5.91 Å². The third kappa shape index (κ3) is 1.35. The Labute approximate surface area is 77.3 Å². The van der Waals surface area contributed by atoms with Gasteiger partial charge in [-0.2, -0.15) is 0 Å². The van der Waals surface area contributed by atoms with E-state index in [1.54, 1.807) is 4.90 Å². The van der Waals surface area contributed by atoms with Crippen molar-refractivity contribution in [2.45, 2.75) is 38.3 Å². The number of carbonyl (C=O) groups excluding carboxylic acids is 1. The van der Waals surface area contributed by atoms with Crippen molar-refractivity contribution in [1.82, 2.24) is 4.90 Å². The molecule has 2 aliphatic rings. The highest BCUT2D eigenvalue weighted by Gasteiger charge is 2.42. The zero-order chi connectivity index (χ0) is 9.47. The lowest BCUT2D eigenvalue weighted by atomic mass is 10.2. The van der Waals surface area contributed by atoms with Crippen LogP contribution in [0.4, 0.5) is 0 Å². The summed E-state index contributed by atoms with van der Waals surface area (Å²) in [5.41, 5.74) is -1.49. The SMILES string of the molecule is CC1(O)N=C2CCCCCN2C1=O. The normalized spacial score (nSPS) is 34.2. The Balaban J connectivity index is 2.27. The first-order chi connectivity index (χ1) is 6.11. The molecule has 1 saturated heterocycles. The Morgan fingerprint density at radius 1 is 1.46 bits per heavy atom. The number of fused-ring (bicyclic) bond motifs is 1. The number of aliphatic hydroxyl groups is 1. The Kier molecular flexibility index (Phi) is 1.87. The molecule has 2 heterocycles. The molecule has 1 fully saturated rings. The highest BCUT2D eigenvalue weighted by atomic mass is 16.3. The highest BCUT2D eigenvalue weighted by molar-refractivity contribution is 6.07. The molecule has 2 rings (SSSR count). The van der Waals surface area contributed by atoms with Crippen molar-refractivity contribution in [2.24, 2.45) is 4.99 Å². The second-order valence-corrected chi connectivity index (χ2v) is 3.82. The summed E-state index contributed by atoms with van der Waals surface area (Å²) in [6.45, 7) is 2.17. The lowest BCUT2D eigenvalue weighted by Crippen LogP contribution is -2.40. The number of carbonyl (C=O) groups is 1. The summed E-state index contributed by atoms with van der Waals surface area (Å²) < 4.78 is 0. The summed E-state index contributed by atoms with van der Waals surface area (Å²) in [6, 6.07) is 0. The van der Waals surface area contributed by atoms with E-state index in [4.69, 9.17) is 0 Å². The van der Waals surface area contributed by atoms with Gasteiger partial charge >= 0.3 is 0 Å². The average Bonchev–Trinajstić information content (AvgIpc) is 2.29. The van der Waals surface area contributed by atoms with Crippen LogP contribution in [0.3, 0.4) is 0 Å². The largest absolute Gasteiger partial charge is 0.362 e. The predicted molar refractivity (Wildman–Crippen MR) is 48.2 cm³/mol. The van der Waals surface area contributed by atoms with Crippen LogP contribution in [-0.2, 0) is 4.79 Å². The Morgan fingerprint density at radius 3 is 3.00 bits per heavy atom. The van der Waals surface area contributed by atoms with E-state index in [9.17, 15) is 9.90 Å². The van der Waals surface area contributed by atoms with Crippen molar-refractivity contribution in [3.8, 4) is 0 Å². The molecule has 1 amide bonds. The van der Waals surface area contributed by atoms with Crippen LogP contribution in [0, 0.1) is 0 Å². The van der Waals surface area contributed by atoms with Gasteiger partial charge in [-0.25, -0.2) is 4.99 Å². The molecule has 72 valence electrons. The number of amides is 1. The fourth-order valence-electron chi connectivity index (χ4n) is 1.88. The van der Waals surface area contributed by atoms with Gasteiger partial charge in [-0.05, 0) is 19.8 Å². The number of aliphatic imine (C=N–C) groups is 1. The summed E-state index contributed by atoms with van der Waals surface area (Å²) in [6.07, 6.45) is 4.05. The maximum Gasteiger partial charge on any atom is 0.282 e. The van der Waals surface area contributed by atoms with E-state index in [0.29, 0.717) is 6.54 Å². The summed E-state index contributed by atoms with van der Waals surface area (Å²) in [5.74, 6) is 0.511. The minimum absolute atomic E-state index is 0.260. The molecule has 0 aliphatic carbocycles. The van der Waals surface area contributed by atoms with Crippen LogP contribution in [0.2, 0.25) is 0 Å². The smallest absolute Gasteiger partial charge is 0.282 e. The third-order valence-electron chi connectivity index (χ3n) is 2.59. The van der Waals surface area contributed by atoms with Gasteiger partial charge in [0.05, 0.1) is 0 Å². The zero-order valence-corrected chi connectivity index (χ0v) is 7.79. The van der Waals surface area contributed by atoms with Crippen LogP contribution in [0.5, 0.6) is 0 Å². The van der Waals surface area contributed by atoms with E-state index >= 15 is 0 Å². The number of amidine groups is 1. The molecule has 0 spiro atoms. The van der Waals surface area contributed by atoms with Crippen molar-refractivity contribution in [2.75, 3.05) is 6.54 Å². The van der Waals surface area contributed by atoms with Crippen LogP contribution in [-0.4, -0.2) is 34.0 Å². The number of hydrogen-bond acceptors (Lipinski definition) is 3.